The zero-order valence-corrected chi connectivity index (χ0v) is 12.7. The van der Waals surface area contributed by atoms with Crippen LogP contribution in [-0.4, -0.2) is 24.5 Å². The van der Waals surface area contributed by atoms with Crippen LogP contribution in [0.2, 0.25) is 0 Å². The molecule has 4 heteroatoms. The number of aliphatic hydroxyl groups excluding tert-OH is 1. The van der Waals surface area contributed by atoms with Crippen molar-refractivity contribution in [2.75, 3.05) is 13.3 Å². The quantitative estimate of drug-likeness (QED) is 0.875. The highest BCUT2D eigenvalue weighted by molar-refractivity contribution is 5.45. The lowest BCUT2D eigenvalue weighted by Crippen LogP contribution is -2.37. The second kappa shape index (κ2) is 6.67. The molecule has 0 saturated heterocycles. The molecule has 1 unspecified atom stereocenters. The van der Waals surface area contributed by atoms with Crippen molar-refractivity contribution in [2.24, 2.45) is 5.92 Å². The molecule has 0 aromatic heterocycles. The first-order valence-electron chi connectivity index (χ1n) is 8.05. The van der Waals surface area contributed by atoms with Crippen LogP contribution in [0.15, 0.2) is 18.2 Å². The third-order valence-corrected chi connectivity index (χ3v) is 4.77. The average Bonchev–Trinajstić information content (AvgIpc) is 3.00. The summed E-state index contributed by atoms with van der Waals surface area (Å²) in [6, 6.07) is 6.12. The van der Waals surface area contributed by atoms with Gasteiger partial charge in [0.2, 0.25) is 6.79 Å². The normalized spacial score (nSPS) is 21.2. The molecule has 0 spiro atoms. The van der Waals surface area contributed by atoms with Crippen molar-refractivity contribution in [3.8, 4) is 11.5 Å². The van der Waals surface area contributed by atoms with Crippen molar-refractivity contribution in [1.82, 2.24) is 5.32 Å². The molecular weight excluding hydrogens is 266 g/mol. The Balaban J connectivity index is 1.52. The van der Waals surface area contributed by atoms with Gasteiger partial charge in [0.1, 0.15) is 0 Å². The largest absolute Gasteiger partial charge is 0.454 e. The standard InChI is InChI=1S/C17H25NO3/c1-12(13-5-3-2-4-6-13)18-10-15(19)14-7-8-16-17(9-14)21-11-20-16/h7-9,12-13,15,18-19H,2-6,10-11H2,1H3/t12-,15?/m0/s1. The van der Waals surface area contributed by atoms with Crippen molar-refractivity contribution >= 4 is 0 Å². The third kappa shape index (κ3) is 3.50. The summed E-state index contributed by atoms with van der Waals surface area (Å²) in [5.74, 6) is 2.24. The van der Waals surface area contributed by atoms with Crippen LogP contribution in [0.25, 0.3) is 0 Å². The fourth-order valence-electron chi connectivity index (χ4n) is 3.34. The van der Waals surface area contributed by atoms with E-state index in [0.717, 1.165) is 23.0 Å². The van der Waals surface area contributed by atoms with Gasteiger partial charge in [-0.2, -0.15) is 0 Å². The van der Waals surface area contributed by atoms with Crippen molar-refractivity contribution in [3.05, 3.63) is 23.8 Å². The van der Waals surface area contributed by atoms with Crippen molar-refractivity contribution in [1.29, 1.82) is 0 Å². The fraction of sp³-hybridized carbons (Fsp3) is 0.647. The summed E-state index contributed by atoms with van der Waals surface area (Å²) in [5, 5.41) is 13.8. The van der Waals surface area contributed by atoms with Crippen LogP contribution < -0.4 is 14.8 Å². The number of rotatable bonds is 5. The predicted octanol–water partition coefficient (Wildman–Crippen LogP) is 3.01. The minimum Gasteiger partial charge on any atom is -0.454 e. The van der Waals surface area contributed by atoms with E-state index in [4.69, 9.17) is 9.47 Å². The smallest absolute Gasteiger partial charge is 0.231 e. The Hall–Kier alpha value is -1.26. The summed E-state index contributed by atoms with van der Waals surface area (Å²) >= 11 is 0. The molecule has 116 valence electrons. The number of aliphatic hydroxyl groups is 1. The highest BCUT2D eigenvalue weighted by atomic mass is 16.7. The Labute approximate surface area is 126 Å². The molecule has 1 saturated carbocycles. The molecule has 4 nitrogen and oxygen atoms in total. The minimum atomic E-state index is -0.509. The molecule has 2 N–H and O–H groups in total. The van der Waals surface area contributed by atoms with Crippen molar-refractivity contribution < 1.29 is 14.6 Å². The third-order valence-electron chi connectivity index (χ3n) is 4.77. The highest BCUT2D eigenvalue weighted by Gasteiger charge is 2.21. The Bertz CT molecular complexity index is 471. The molecule has 1 heterocycles. The summed E-state index contributed by atoms with van der Waals surface area (Å²) in [7, 11) is 0. The van der Waals surface area contributed by atoms with E-state index < -0.39 is 6.10 Å². The maximum atomic E-state index is 10.3. The predicted molar refractivity (Wildman–Crippen MR) is 81.6 cm³/mol. The second-order valence-electron chi connectivity index (χ2n) is 6.22. The van der Waals surface area contributed by atoms with E-state index in [0.29, 0.717) is 12.6 Å². The van der Waals surface area contributed by atoms with Gasteiger partial charge in [0.05, 0.1) is 6.10 Å². The minimum absolute atomic E-state index is 0.270. The molecule has 21 heavy (non-hydrogen) atoms. The summed E-state index contributed by atoms with van der Waals surface area (Å²) in [6.07, 6.45) is 6.19. The van der Waals surface area contributed by atoms with Crippen LogP contribution in [0.1, 0.15) is 50.7 Å². The molecule has 0 amide bonds. The molecule has 2 aliphatic rings. The van der Waals surface area contributed by atoms with Gasteiger partial charge in [0, 0.05) is 12.6 Å². The van der Waals surface area contributed by atoms with E-state index in [9.17, 15) is 5.11 Å². The number of ether oxygens (including phenoxy) is 2. The van der Waals surface area contributed by atoms with Gasteiger partial charge in [-0.3, -0.25) is 0 Å². The van der Waals surface area contributed by atoms with E-state index in [1.807, 2.05) is 18.2 Å². The van der Waals surface area contributed by atoms with E-state index in [-0.39, 0.29) is 6.79 Å². The van der Waals surface area contributed by atoms with Crippen LogP contribution in [0.3, 0.4) is 0 Å². The molecule has 1 aliphatic carbocycles. The maximum absolute atomic E-state index is 10.3. The second-order valence-corrected chi connectivity index (χ2v) is 6.22. The Morgan fingerprint density at radius 1 is 1.19 bits per heavy atom. The summed E-state index contributed by atoms with van der Waals surface area (Å²) in [6.45, 7) is 3.09. The number of hydrogen-bond donors (Lipinski definition) is 2. The molecule has 2 atom stereocenters. The Morgan fingerprint density at radius 3 is 2.76 bits per heavy atom. The van der Waals surface area contributed by atoms with Gasteiger partial charge in [-0.05, 0) is 43.4 Å². The van der Waals surface area contributed by atoms with Gasteiger partial charge in [-0.15, -0.1) is 0 Å². The average molecular weight is 291 g/mol. The van der Waals surface area contributed by atoms with E-state index in [1.165, 1.54) is 32.1 Å². The van der Waals surface area contributed by atoms with Crippen molar-refractivity contribution in [2.45, 2.75) is 51.2 Å². The Morgan fingerprint density at radius 2 is 1.95 bits per heavy atom. The number of nitrogens with one attached hydrogen (secondary N) is 1. The number of fused-ring (bicyclic) bond motifs is 1. The van der Waals surface area contributed by atoms with Gasteiger partial charge >= 0.3 is 0 Å². The zero-order chi connectivity index (χ0) is 14.7. The van der Waals surface area contributed by atoms with E-state index in [2.05, 4.69) is 12.2 Å². The van der Waals surface area contributed by atoms with Gasteiger partial charge in [-0.25, -0.2) is 0 Å². The lowest BCUT2D eigenvalue weighted by atomic mass is 9.84. The van der Waals surface area contributed by atoms with E-state index in [1.54, 1.807) is 0 Å². The monoisotopic (exact) mass is 291 g/mol. The maximum Gasteiger partial charge on any atom is 0.231 e. The first-order valence-corrected chi connectivity index (χ1v) is 8.05. The zero-order valence-electron chi connectivity index (χ0n) is 12.7. The van der Waals surface area contributed by atoms with Gasteiger partial charge in [-0.1, -0.05) is 25.3 Å². The summed E-state index contributed by atoms with van der Waals surface area (Å²) in [4.78, 5) is 0. The molecule has 0 bridgehead atoms. The van der Waals surface area contributed by atoms with Gasteiger partial charge in [0.15, 0.2) is 11.5 Å². The van der Waals surface area contributed by atoms with Crippen LogP contribution >= 0.6 is 0 Å². The molecular formula is C17H25NO3. The Kier molecular flexibility index (Phi) is 4.66. The highest BCUT2D eigenvalue weighted by Crippen LogP contribution is 2.34. The van der Waals surface area contributed by atoms with Crippen molar-refractivity contribution in [3.63, 3.8) is 0 Å². The molecule has 0 radical (unpaired) electrons. The molecule has 3 rings (SSSR count). The molecule has 1 aliphatic heterocycles. The molecule has 1 aromatic carbocycles. The first-order chi connectivity index (χ1) is 10.2. The SMILES string of the molecule is C[C@H](NCC(O)c1ccc2c(c1)OCO2)C1CCCCC1. The van der Waals surface area contributed by atoms with Gasteiger partial charge < -0.3 is 19.9 Å². The van der Waals surface area contributed by atoms with Crippen LogP contribution in [0.5, 0.6) is 11.5 Å². The van der Waals surface area contributed by atoms with Crippen LogP contribution in [-0.2, 0) is 0 Å². The van der Waals surface area contributed by atoms with Crippen LogP contribution in [0, 0.1) is 5.92 Å². The lowest BCUT2D eigenvalue weighted by Gasteiger charge is -2.29. The van der Waals surface area contributed by atoms with Crippen LogP contribution in [0.4, 0.5) is 0 Å². The summed E-state index contributed by atoms with van der Waals surface area (Å²) < 4.78 is 10.6. The first kappa shape index (κ1) is 14.7. The molecule has 1 aromatic rings. The topological polar surface area (TPSA) is 50.7 Å². The van der Waals surface area contributed by atoms with Gasteiger partial charge in [0.25, 0.3) is 0 Å². The lowest BCUT2D eigenvalue weighted by molar-refractivity contribution is 0.160. The number of benzene rings is 1. The van der Waals surface area contributed by atoms with E-state index >= 15 is 0 Å². The fourth-order valence-corrected chi connectivity index (χ4v) is 3.34. The number of hydrogen-bond acceptors (Lipinski definition) is 4. The summed E-state index contributed by atoms with van der Waals surface area (Å²) in [5.41, 5.74) is 0.877. The molecule has 1 fully saturated rings.